The highest BCUT2D eigenvalue weighted by molar-refractivity contribution is 5.82. The summed E-state index contributed by atoms with van der Waals surface area (Å²) in [6, 6.07) is 7.20. The lowest BCUT2D eigenvalue weighted by Gasteiger charge is -2.19. The fraction of sp³-hybridized carbons (Fsp3) is 0.500. The summed E-state index contributed by atoms with van der Waals surface area (Å²) in [4.78, 5) is 12.1. The van der Waals surface area contributed by atoms with E-state index in [1.807, 2.05) is 12.1 Å². The molecule has 5 heteroatoms. The summed E-state index contributed by atoms with van der Waals surface area (Å²) in [6.45, 7) is 5.24. The highest BCUT2D eigenvalue weighted by atomic mass is 16.6. The normalized spacial score (nSPS) is 24.1. The third-order valence-electron chi connectivity index (χ3n) is 3.09. The Labute approximate surface area is 111 Å². The molecule has 0 spiro atoms. The van der Waals surface area contributed by atoms with Crippen molar-refractivity contribution in [2.45, 2.75) is 32.3 Å². The maximum atomic E-state index is 12.1. The number of hydrogen-bond donors (Lipinski definition) is 0. The van der Waals surface area contributed by atoms with Gasteiger partial charge in [0.15, 0.2) is 5.41 Å². The molecule has 2 rings (SSSR count). The Morgan fingerprint density at radius 1 is 1.42 bits per heavy atom. The molecule has 0 aromatic carbocycles. The third kappa shape index (κ3) is 2.08. The van der Waals surface area contributed by atoms with Crippen LogP contribution in [-0.4, -0.2) is 11.6 Å². The first-order chi connectivity index (χ1) is 8.85. The third-order valence-corrected chi connectivity index (χ3v) is 3.09. The van der Waals surface area contributed by atoms with Gasteiger partial charge in [-0.05, 0) is 32.9 Å². The van der Waals surface area contributed by atoms with E-state index in [9.17, 15) is 15.3 Å². The van der Waals surface area contributed by atoms with E-state index in [1.165, 1.54) is 6.26 Å². The molecule has 2 atom stereocenters. The van der Waals surface area contributed by atoms with Crippen molar-refractivity contribution in [3.63, 3.8) is 0 Å². The van der Waals surface area contributed by atoms with E-state index in [0.717, 1.165) is 0 Å². The highest BCUT2D eigenvalue weighted by Crippen LogP contribution is 2.64. The molecule has 19 heavy (non-hydrogen) atoms. The van der Waals surface area contributed by atoms with Crippen molar-refractivity contribution in [3.05, 3.63) is 24.2 Å². The topological polar surface area (TPSA) is 87.0 Å². The zero-order valence-electron chi connectivity index (χ0n) is 11.0. The van der Waals surface area contributed by atoms with Gasteiger partial charge in [0.1, 0.15) is 17.3 Å². The molecule has 98 valence electrons. The van der Waals surface area contributed by atoms with Crippen LogP contribution in [0.5, 0.6) is 0 Å². The molecule has 0 bridgehead atoms. The molecular weight excluding hydrogens is 244 g/mol. The quantitative estimate of drug-likeness (QED) is 0.760. The van der Waals surface area contributed by atoms with Crippen LogP contribution in [0.2, 0.25) is 0 Å². The Bertz CT molecular complexity index is 555. The lowest BCUT2D eigenvalue weighted by molar-refractivity contribution is -0.157. The van der Waals surface area contributed by atoms with Crippen LogP contribution in [0.1, 0.15) is 32.4 Å². The smallest absolute Gasteiger partial charge is 0.313 e. The van der Waals surface area contributed by atoms with E-state index in [-0.39, 0.29) is 0 Å². The SMILES string of the molecule is CC(C)(C)OC(=O)[C@@H]1[C@@H](c2ccco2)C1(C#N)C#N. The fourth-order valence-electron chi connectivity index (χ4n) is 2.24. The average molecular weight is 258 g/mol. The number of nitrogens with zero attached hydrogens (tertiary/aromatic N) is 2. The molecule has 1 aliphatic carbocycles. The molecule has 1 aliphatic rings. The number of carbonyl (C=O) groups is 1. The monoisotopic (exact) mass is 258 g/mol. The summed E-state index contributed by atoms with van der Waals surface area (Å²) in [6.07, 6.45) is 1.46. The summed E-state index contributed by atoms with van der Waals surface area (Å²) < 4.78 is 10.5. The lowest BCUT2D eigenvalue weighted by Crippen LogP contribution is -2.26. The molecule has 1 aromatic rings. The van der Waals surface area contributed by atoms with Gasteiger partial charge in [-0.2, -0.15) is 10.5 Å². The second-order valence-electron chi connectivity index (χ2n) is 5.60. The predicted octanol–water partition coefficient (Wildman–Crippen LogP) is 2.37. The number of furan rings is 1. The van der Waals surface area contributed by atoms with Gasteiger partial charge in [0.25, 0.3) is 0 Å². The van der Waals surface area contributed by atoms with Crippen molar-refractivity contribution in [2.75, 3.05) is 0 Å². The van der Waals surface area contributed by atoms with E-state index < -0.39 is 28.8 Å². The van der Waals surface area contributed by atoms with Crippen molar-refractivity contribution in [1.29, 1.82) is 10.5 Å². The van der Waals surface area contributed by atoms with Gasteiger partial charge >= 0.3 is 5.97 Å². The summed E-state index contributed by atoms with van der Waals surface area (Å²) in [5.41, 5.74) is -2.02. The van der Waals surface area contributed by atoms with E-state index in [0.29, 0.717) is 5.76 Å². The van der Waals surface area contributed by atoms with Gasteiger partial charge < -0.3 is 9.15 Å². The first-order valence-electron chi connectivity index (χ1n) is 5.94. The van der Waals surface area contributed by atoms with Crippen LogP contribution in [0.25, 0.3) is 0 Å². The molecule has 1 fully saturated rings. The molecule has 0 amide bonds. The Kier molecular flexibility index (Phi) is 2.87. The van der Waals surface area contributed by atoms with Crippen molar-refractivity contribution < 1.29 is 13.9 Å². The van der Waals surface area contributed by atoms with Gasteiger partial charge in [-0.25, -0.2) is 0 Å². The van der Waals surface area contributed by atoms with E-state index in [4.69, 9.17) is 9.15 Å². The first-order valence-corrected chi connectivity index (χ1v) is 5.94. The molecule has 1 heterocycles. The van der Waals surface area contributed by atoms with Gasteiger partial charge in [-0.15, -0.1) is 0 Å². The van der Waals surface area contributed by atoms with Crippen molar-refractivity contribution >= 4 is 5.97 Å². The maximum absolute atomic E-state index is 12.1. The second-order valence-corrected chi connectivity index (χ2v) is 5.60. The zero-order valence-corrected chi connectivity index (χ0v) is 11.0. The van der Waals surface area contributed by atoms with Gasteiger partial charge in [-0.3, -0.25) is 4.79 Å². The second kappa shape index (κ2) is 4.13. The van der Waals surface area contributed by atoms with Crippen LogP contribution >= 0.6 is 0 Å². The summed E-state index contributed by atoms with van der Waals surface area (Å²) in [5.74, 6) is -1.39. The summed E-state index contributed by atoms with van der Waals surface area (Å²) in [5, 5.41) is 18.4. The average Bonchev–Trinajstić information content (AvgIpc) is 2.69. The molecule has 0 N–H and O–H groups in total. The van der Waals surface area contributed by atoms with Crippen LogP contribution in [0.4, 0.5) is 0 Å². The molecule has 5 nitrogen and oxygen atoms in total. The zero-order chi connectivity index (χ0) is 14.3. The summed E-state index contributed by atoms with van der Waals surface area (Å²) >= 11 is 0. The molecule has 0 aliphatic heterocycles. The largest absolute Gasteiger partial charge is 0.469 e. The Balaban J connectivity index is 2.28. The molecule has 1 aromatic heterocycles. The molecule has 1 saturated carbocycles. The van der Waals surface area contributed by atoms with Gasteiger partial charge in [0.05, 0.1) is 24.3 Å². The number of rotatable bonds is 2. The van der Waals surface area contributed by atoms with Crippen molar-refractivity contribution in [1.82, 2.24) is 0 Å². The number of carbonyl (C=O) groups excluding carboxylic acids is 1. The molecule has 0 radical (unpaired) electrons. The van der Waals surface area contributed by atoms with E-state index in [1.54, 1.807) is 32.9 Å². The fourth-order valence-corrected chi connectivity index (χ4v) is 2.24. The number of ether oxygens (including phenoxy) is 1. The van der Waals surface area contributed by atoms with Crippen LogP contribution in [0.15, 0.2) is 22.8 Å². The van der Waals surface area contributed by atoms with Crippen LogP contribution < -0.4 is 0 Å². The van der Waals surface area contributed by atoms with E-state index >= 15 is 0 Å². The lowest BCUT2D eigenvalue weighted by atomic mass is 10.1. The maximum Gasteiger partial charge on any atom is 0.313 e. The first kappa shape index (κ1) is 13.2. The Morgan fingerprint density at radius 3 is 2.47 bits per heavy atom. The molecular formula is C14H14N2O3. The van der Waals surface area contributed by atoms with Crippen LogP contribution in [0, 0.1) is 34.0 Å². The van der Waals surface area contributed by atoms with Gasteiger partial charge in [-0.1, -0.05) is 0 Å². The minimum absolute atomic E-state index is 0.471. The molecule has 0 saturated heterocycles. The minimum Gasteiger partial charge on any atom is -0.469 e. The number of hydrogen-bond acceptors (Lipinski definition) is 5. The predicted molar refractivity (Wildman–Crippen MR) is 64.4 cm³/mol. The minimum atomic E-state index is -1.37. The van der Waals surface area contributed by atoms with Crippen molar-refractivity contribution in [2.24, 2.45) is 11.3 Å². The Hall–Kier alpha value is -2.27. The van der Waals surface area contributed by atoms with Gasteiger partial charge in [0, 0.05) is 0 Å². The molecule has 0 unspecified atom stereocenters. The number of esters is 1. The van der Waals surface area contributed by atoms with Crippen LogP contribution in [0.3, 0.4) is 0 Å². The van der Waals surface area contributed by atoms with Gasteiger partial charge in [0.2, 0.25) is 0 Å². The van der Waals surface area contributed by atoms with E-state index in [2.05, 4.69) is 0 Å². The highest BCUT2D eigenvalue weighted by Gasteiger charge is 2.73. The standard InChI is InChI=1S/C14H14N2O3/c1-13(2,3)19-12(17)11-10(9-5-4-6-18-9)14(11,7-15)8-16/h4-6,10-11H,1-3H3/t10-,11+/m1/s1. The van der Waals surface area contributed by atoms with Crippen LogP contribution in [-0.2, 0) is 9.53 Å². The Morgan fingerprint density at radius 2 is 2.05 bits per heavy atom. The van der Waals surface area contributed by atoms with Crippen molar-refractivity contribution in [3.8, 4) is 12.1 Å². The number of nitriles is 2. The summed E-state index contributed by atoms with van der Waals surface area (Å²) in [7, 11) is 0.